The third-order valence-electron chi connectivity index (χ3n) is 6.90. The number of hydrogen-bond donors (Lipinski definition) is 7. The number of nitrogens with zero attached hydrogens (tertiary/aromatic N) is 2. The molecule has 4 rings (SSSR count). The van der Waals surface area contributed by atoms with Gasteiger partial charge in [0.05, 0.1) is 12.7 Å². The minimum Gasteiger partial charge on any atom is -0.504 e. The number of aromatic hydroxyl groups is 1. The fourth-order valence-electron chi connectivity index (χ4n) is 4.78. The molecule has 1 saturated heterocycles. The number of aliphatic carboxylic acids is 2. The fraction of sp³-hybridized carbons (Fsp3) is 0.481. The molecule has 0 saturated carbocycles. The first kappa shape index (κ1) is 30.9. The van der Waals surface area contributed by atoms with E-state index in [0.717, 1.165) is 0 Å². The van der Waals surface area contributed by atoms with Crippen LogP contribution < -0.4 is 9.64 Å². The monoisotopic (exact) mass is 592 g/mol. The molecule has 0 aromatic heterocycles. The van der Waals surface area contributed by atoms with E-state index < -0.39 is 79.2 Å². The van der Waals surface area contributed by atoms with Crippen molar-refractivity contribution in [3.8, 4) is 11.5 Å². The highest BCUT2D eigenvalue weighted by Gasteiger charge is 2.45. The molecule has 0 radical (unpaired) electrons. The smallest absolute Gasteiger partial charge is 0.356 e. The molecule has 15 nitrogen and oxygen atoms in total. The molecule has 0 amide bonds. The molecule has 42 heavy (non-hydrogen) atoms. The van der Waals surface area contributed by atoms with Crippen molar-refractivity contribution in [1.82, 2.24) is 0 Å². The number of carboxylic acid groups (broad SMARTS) is 2. The Morgan fingerprint density at radius 2 is 1.81 bits per heavy atom. The van der Waals surface area contributed by atoms with Crippen LogP contribution in [0.5, 0.6) is 11.5 Å². The van der Waals surface area contributed by atoms with Crippen LogP contribution in [0.25, 0.3) is 0 Å². The molecule has 3 heterocycles. The Bertz CT molecular complexity index is 1320. The van der Waals surface area contributed by atoms with Gasteiger partial charge in [0, 0.05) is 30.8 Å². The molecule has 0 unspecified atom stereocenters. The van der Waals surface area contributed by atoms with Crippen LogP contribution in [0.2, 0.25) is 0 Å². The molecule has 1 aromatic carbocycles. The number of carbonyl (C=O) groups excluding carboxylic acids is 1. The maximum absolute atomic E-state index is 12.4. The lowest BCUT2D eigenvalue weighted by Crippen LogP contribution is -2.60. The van der Waals surface area contributed by atoms with Gasteiger partial charge in [-0.1, -0.05) is 0 Å². The van der Waals surface area contributed by atoms with E-state index >= 15 is 0 Å². The molecule has 7 atom stereocenters. The number of hydrogen-bond acceptors (Lipinski definition) is 13. The van der Waals surface area contributed by atoms with Crippen LogP contribution in [0, 0.1) is 0 Å². The van der Waals surface area contributed by atoms with E-state index in [0.29, 0.717) is 11.1 Å². The van der Waals surface area contributed by atoms with Crippen molar-refractivity contribution in [2.75, 3.05) is 11.5 Å². The minimum absolute atomic E-state index is 0.0372. The zero-order chi connectivity index (χ0) is 30.9. The Morgan fingerprint density at radius 1 is 1.10 bits per heavy atom. The second-order valence-corrected chi connectivity index (χ2v) is 10.3. The summed E-state index contributed by atoms with van der Waals surface area (Å²) in [5.74, 6) is -3.93. The number of ether oxygens (including phenoxy) is 3. The number of aliphatic hydroxyl groups is 4. The lowest BCUT2D eigenvalue weighted by Gasteiger charge is -2.39. The van der Waals surface area contributed by atoms with Gasteiger partial charge < -0.3 is 54.9 Å². The molecule has 7 N–H and O–H groups in total. The zero-order valence-electron chi connectivity index (χ0n) is 22.6. The van der Waals surface area contributed by atoms with Crippen LogP contribution in [-0.4, -0.2) is 115 Å². The predicted molar refractivity (Wildman–Crippen MR) is 142 cm³/mol. The van der Waals surface area contributed by atoms with E-state index in [1.165, 1.54) is 35.4 Å². The topological polar surface area (TPSA) is 236 Å². The number of phenols is 1. The van der Waals surface area contributed by atoms with Crippen molar-refractivity contribution >= 4 is 29.3 Å². The van der Waals surface area contributed by atoms with Crippen molar-refractivity contribution in [3.05, 3.63) is 41.6 Å². The lowest BCUT2D eigenvalue weighted by atomic mass is 9.99. The Hall–Kier alpha value is -4.02. The number of benzene rings is 1. The van der Waals surface area contributed by atoms with Gasteiger partial charge in [-0.3, -0.25) is 4.99 Å². The highest BCUT2D eigenvalue weighted by atomic mass is 16.7. The summed E-state index contributed by atoms with van der Waals surface area (Å²) in [7, 11) is 0. The van der Waals surface area contributed by atoms with E-state index in [4.69, 9.17) is 14.2 Å². The Morgan fingerprint density at radius 3 is 2.43 bits per heavy atom. The number of fused-ring (bicyclic) bond motifs is 1. The highest BCUT2D eigenvalue weighted by molar-refractivity contribution is 6.41. The van der Waals surface area contributed by atoms with Crippen molar-refractivity contribution in [3.63, 3.8) is 0 Å². The molecule has 0 bridgehead atoms. The van der Waals surface area contributed by atoms with E-state index in [-0.39, 0.29) is 30.0 Å². The third-order valence-corrected chi connectivity index (χ3v) is 6.90. The first-order chi connectivity index (χ1) is 19.8. The van der Waals surface area contributed by atoms with Crippen LogP contribution in [0.1, 0.15) is 25.8 Å². The number of dihydropyridines is 1. The van der Waals surface area contributed by atoms with E-state index in [1.54, 1.807) is 13.8 Å². The van der Waals surface area contributed by atoms with Gasteiger partial charge in [-0.15, -0.1) is 0 Å². The first-order valence-electron chi connectivity index (χ1n) is 13.0. The van der Waals surface area contributed by atoms with Crippen LogP contribution >= 0.6 is 0 Å². The Labute approximate surface area is 239 Å². The second kappa shape index (κ2) is 12.5. The molecule has 0 spiro atoms. The maximum atomic E-state index is 12.4. The van der Waals surface area contributed by atoms with Crippen molar-refractivity contribution < 1.29 is 64.3 Å². The minimum atomic E-state index is -1.73. The number of aliphatic imine (C=N–C) groups is 1. The number of phenolic OH excluding ortho intramolecular Hbond substituents is 1. The highest BCUT2D eigenvalue weighted by Crippen LogP contribution is 2.42. The van der Waals surface area contributed by atoms with E-state index in [9.17, 15) is 50.1 Å². The molecule has 15 heteroatoms. The fourth-order valence-corrected chi connectivity index (χ4v) is 4.78. The molecule has 0 aliphatic carbocycles. The van der Waals surface area contributed by atoms with Gasteiger partial charge in [0.1, 0.15) is 36.2 Å². The number of aliphatic hydroxyl groups excluding tert-OH is 4. The largest absolute Gasteiger partial charge is 0.504 e. The molecule has 1 aromatic rings. The average Bonchev–Trinajstić information content (AvgIpc) is 3.29. The molecule has 228 valence electrons. The van der Waals surface area contributed by atoms with E-state index in [2.05, 4.69) is 4.99 Å². The quantitative estimate of drug-likeness (QED) is 0.172. The summed E-state index contributed by atoms with van der Waals surface area (Å²) in [6.07, 6.45) is -4.22. The number of anilines is 1. The van der Waals surface area contributed by atoms with Crippen LogP contribution in [-0.2, 0) is 30.3 Å². The summed E-state index contributed by atoms with van der Waals surface area (Å²) in [4.78, 5) is 41.4. The van der Waals surface area contributed by atoms with E-state index in [1.807, 2.05) is 0 Å². The molecular formula is C27H32N2O13. The van der Waals surface area contributed by atoms with Crippen molar-refractivity contribution in [1.29, 1.82) is 0 Å². The summed E-state index contributed by atoms with van der Waals surface area (Å²) in [5.41, 5.74) is 0.897. The maximum Gasteiger partial charge on any atom is 0.356 e. The van der Waals surface area contributed by atoms with Crippen LogP contribution in [0.3, 0.4) is 0 Å². The SMILES string of the molecule is CC(C)OC(=O)C1=N[C@H](C(=O)O)CC(/C=C/N2c3cc(O)c(O[C@@H]4O[C@H](CO)[C@@H](O)[C@H](O)[C@H]4O)cc3C[C@H]2C(=O)O)=C1. The lowest BCUT2D eigenvalue weighted by molar-refractivity contribution is -0.277. The standard InChI is InChI=1S/C27H32N2O13/c1-11(2)40-26(39)15-6-12(5-14(28-15)24(35)36)3-4-29-16-9-18(31)19(8-13(16)7-17(29)25(37)38)41-27-23(34)22(33)21(32)20(10-30)42-27/h3-4,6,8-9,11,14,17,20-23,27,30-34H,5,7,10H2,1-2H3,(H,35,36)(H,37,38)/b4-3+/t14-,17-,20+,21+,22-,23+,27+/m0/s1. The number of esters is 1. The normalized spacial score (nSPS) is 29.2. The summed E-state index contributed by atoms with van der Waals surface area (Å²) in [5, 5.41) is 69.7. The Kier molecular flexibility index (Phi) is 9.18. The van der Waals surface area contributed by atoms with Gasteiger partial charge in [0.25, 0.3) is 0 Å². The van der Waals surface area contributed by atoms with Crippen molar-refractivity contribution in [2.45, 2.75) is 75.6 Å². The molecule has 3 aliphatic heterocycles. The van der Waals surface area contributed by atoms with Gasteiger partial charge in [-0.05, 0) is 43.2 Å². The summed E-state index contributed by atoms with van der Waals surface area (Å²) < 4.78 is 16.0. The number of carboxylic acids is 2. The predicted octanol–water partition coefficient (Wildman–Crippen LogP) is -0.924. The summed E-state index contributed by atoms with van der Waals surface area (Å²) in [6.45, 7) is 2.58. The third kappa shape index (κ3) is 6.39. The van der Waals surface area contributed by atoms with Crippen molar-refractivity contribution in [2.24, 2.45) is 4.99 Å². The van der Waals surface area contributed by atoms with Gasteiger partial charge >= 0.3 is 17.9 Å². The number of allylic oxidation sites excluding steroid dienone is 1. The average molecular weight is 593 g/mol. The zero-order valence-corrected chi connectivity index (χ0v) is 22.6. The number of carbonyl (C=O) groups is 3. The van der Waals surface area contributed by atoms with Crippen LogP contribution in [0.15, 0.2) is 41.1 Å². The first-order valence-corrected chi connectivity index (χ1v) is 13.0. The summed E-state index contributed by atoms with van der Waals surface area (Å²) in [6, 6.07) is 0.181. The van der Waals surface area contributed by atoms with Gasteiger partial charge in [-0.2, -0.15) is 0 Å². The van der Waals surface area contributed by atoms with Crippen LogP contribution in [0.4, 0.5) is 5.69 Å². The van der Waals surface area contributed by atoms with Gasteiger partial charge in [0.15, 0.2) is 17.5 Å². The van der Waals surface area contributed by atoms with Gasteiger partial charge in [0.2, 0.25) is 6.29 Å². The number of rotatable bonds is 9. The second-order valence-electron chi connectivity index (χ2n) is 10.3. The summed E-state index contributed by atoms with van der Waals surface area (Å²) >= 11 is 0. The Balaban J connectivity index is 1.60. The molecule has 3 aliphatic rings. The molecule has 1 fully saturated rings. The van der Waals surface area contributed by atoms with Gasteiger partial charge in [-0.25, -0.2) is 14.4 Å². The molecular weight excluding hydrogens is 560 g/mol.